The summed E-state index contributed by atoms with van der Waals surface area (Å²) in [6.45, 7) is 2.98. The number of ether oxygens (including phenoxy) is 1. The number of nitrogens with zero attached hydrogens (tertiary/aromatic N) is 3. The van der Waals surface area contributed by atoms with Gasteiger partial charge in [-0.05, 0) is 30.7 Å². The smallest absolute Gasteiger partial charge is 0.159 e. The molecule has 1 heterocycles. The van der Waals surface area contributed by atoms with Gasteiger partial charge in [-0.25, -0.2) is 9.97 Å². The third kappa shape index (κ3) is 4.85. The molecule has 2 rings (SSSR count). The summed E-state index contributed by atoms with van der Waals surface area (Å²) < 4.78 is 5.73. The molecule has 1 aromatic heterocycles. The Bertz CT molecular complexity index is 600. The van der Waals surface area contributed by atoms with E-state index < -0.39 is 0 Å². The summed E-state index contributed by atoms with van der Waals surface area (Å²) in [7, 11) is 0. The molecule has 114 valence electrons. The fourth-order valence-electron chi connectivity index (χ4n) is 2.13. The lowest BCUT2D eigenvalue weighted by atomic mass is 10.2. The minimum atomic E-state index is 0.465. The Morgan fingerprint density at radius 2 is 1.68 bits per heavy atom. The summed E-state index contributed by atoms with van der Waals surface area (Å²) >= 11 is 0. The third-order valence-corrected chi connectivity index (χ3v) is 3.41. The highest BCUT2D eigenvalue weighted by Gasteiger charge is 2.02. The fourth-order valence-corrected chi connectivity index (χ4v) is 2.13. The molecule has 0 saturated heterocycles. The van der Waals surface area contributed by atoms with Gasteiger partial charge in [0.1, 0.15) is 11.8 Å². The average molecular weight is 295 g/mol. The maximum absolute atomic E-state index is 8.74. The van der Waals surface area contributed by atoms with Crippen LogP contribution in [-0.2, 0) is 0 Å². The molecule has 0 N–H and O–H groups in total. The van der Waals surface area contributed by atoms with Crippen molar-refractivity contribution >= 4 is 0 Å². The molecule has 0 fully saturated rings. The van der Waals surface area contributed by atoms with E-state index in [1.807, 2.05) is 30.3 Å². The Balaban J connectivity index is 1.83. The van der Waals surface area contributed by atoms with Crippen LogP contribution in [0.1, 0.15) is 44.6 Å². The molecule has 0 unspecified atom stereocenters. The zero-order chi connectivity index (χ0) is 15.6. The van der Waals surface area contributed by atoms with Gasteiger partial charge in [-0.1, -0.05) is 32.6 Å². The summed E-state index contributed by atoms with van der Waals surface area (Å²) in [5.41, 5.74) is 1.38. The summed E-state index contributed by atoms with van der Waals surface area (Å²) in [5, 5.41) is 8.74. The first-order valence-corrected chi connectivity index (χ1v) is 7.79. The van der Waals surface area contributed by atoms with Crippen LogP contribution in [0.25, 0.3) is 11.4 Å². The number of unbranched alkanes of at least 4 members (excludes halogenated alkanes) is 4. The molecule has 0 saturated carbocycles. The number of rotatable bonds is 8. The SMILES string of the molecule is CCCCCCCOc1ccc(-c2ncc(C#N)cn2)cc1. The van der Waals surface area contributed by atoms with E-state index in [1.54, 1.807) is 0 Å². The molecule has 0 aliphatic rings. The van der Waals surface area contributed by atoms with E-state index in [4.69, 9.17) is 10.00 Å². The van der Waals surface area contributed by atoms with Gasteiger partial charge in [-0.2, -0.15) is 5.26 Å². The maximum Gasteiger partial charge on any atom is 0.159 e. The van der Waals surface area contributed by atoms with Crippen LogP contribution in [0.5, 0.6) is 5.75 Å². The Hall–Kier alpha value is -2.41. The Morgan fingerprint density at radius 1 is 1.00 bits per heavy atom. The average Bonchev–Trinajstić information content (AvgIpc) is 2.59. The largest absolute Gasteiger partial charge is 0.494 e. The molecule has 4 nitrogen and oxygen atoms in total. The molecule has 0 radical (unpaired) electrons. The number of aromatic nitrogens is 2. The highest BCUT2D eigenvalue weighted by molar-refractivity contribution is 5.56. The van der Waals surface area contributed by atoms with Gasteiger partial charge >= 0.3 is 0 Å². The van der Waals surface area contributed by atoms with Gasteiger partial charge in [0, 0.05) is 18.0 Å². The summed E-state index contributed by atoms with van der Waals surface area (Å²) in [6.07, 6.45) is 9.24. The van der Waals surface area contributed by atoms with Crippen LogP contribution >= 0.6 is 0 Å². The number of hydrogen-bond acceptors (Lipinski definition) is 4. The van der Waals surface area contributed by atoms with Gasteiger partial charge in [0.2, 0.25) is 0 Å². The van der Waals surface area contributed by atoms with Crippen molar-refractivity contribution in [1.82, 2.24) is 9.97 Å². The van der Waals surface area contributed by atoms with Crippen LogP contribution in [-0.4, -0.2) is 16.6 Å². The highest BCUT2D eigenvalue weighted by atomic mass is 16.5. The van der Waals surface area contributed by atoms with Crippen LogP contribution in [0.3, 0.4) is 0 Å². The molecule has 0 amide bonds. The van der Waals surface area contributed by atoms with E-state index >= 15 is 0 Å². The quantitative estimate of drug-likeness (QED) is 0.679. The molecule has 22 heavy (non-hydrogen) atoms. The van der Waals surface area contributed by atoms with Gasteiger partial charge in [0.25, 0.3) is 0 Å². The van der Waals surface area contributed by atoms with Crippen molar-refractivity contribution in [3.8, 4) is 23.2 Å². The second-order valence-electron chi connectivity index (χ2n) is 5.19. The van der Waals surface area contributed by atoms with Crippen LogP contribution < -0.4 is 4.74 Å². The zero-order valence-corrected chi connectivity index (χ0v) is 13.0. The second kappa shape index (κ2) is 8.78. The number of nitriles is 1. The van der Waals surface area contributed by atoms with Crippen molar-refractivity contribution in [2.45, 2.75) is 39.0 Å². The monoisotopic (exact) mass is 295 g/mol. The first-order valence-electron chi connectivity index (χ1n) is 7.79. The molecule has 0 aliphatic heterocycles. The van der Waals surface area contributed by atoms with Crippen LogP contribution in [0.4, 0.5) is 0 Å². The van der Waals surface area contributed by atoms with Crippen molar-refractivity contribution in [1.29, 1.82) is 5.26 Å². The molecule has 2 aromatic rings. The summed E-state index contributed by atoms with van der Waals surface area (Å²) in [4.78, 5) is 8.36. The predicted octanol–water partition coefficient (Wildman–Crippen LogP) is 4.36. The zero-order valence-electron chi connectivity index (χ0n) is 13.0. The van der Waals surface area contributed by atoms with E-state index in [2.05, 4.69) is 16.9 Å². The molecule has 1 aromatic carbocycles. The molecule has 4 heteroatoms. The lowest BCUT2D eigenvalue weighted by Crippen LogP contribution is -1.97. The van der Waals surface area contributed by atoms with Crippen molar-refractivity contribution in [2.24, 2.45) is 0 Å². The van der Waals surface area contributed by atoms with Gasteiger partial charge in [0.05, 0.1) is 12.2 Å². The Labute approximate surface area is 131 Å². The van der Waals surface area contributed by atoms with E-state index in [9.17, 15) is 0 Å². The normalized spacial score (nSPS) is 10.2. The van der Waals surface area contributed by atoms with Crippen LogP contribution in [0.2, 0.25) is 0 Å². The van der Waals surface area contributed by atoms with Crippen molar-refractivity contribution in [3.63, 3.8) is 0 Å². The minimum Gasteiger partial charge on any atom is -0.494 e. The van der Waals surface area contributed by atoms with Gasteiger partial charge < -0.3 is 4.74 Å². The van der Waals surface area contributed by atoms with Crippen LogP contribution in [0, 0.1) is 11.3 Å². The first kappa shape index (κ1) is 16.0. The molecule has 0 bridgehead atoms. The van der Waals surface area contributed by atoms with Gasteiger partial charge in [-0.3, -0.25) is 0 Å². The van der Waals surface area contributed by atoms with E-state index in [0.717, 1.165) is 24.3 Å². The van der Waals surface area contributed by atoms with Gasteiger partial charge in [0.15, 0.2) is 5.82 Å². The standard InChI is InChI=1S/C18H21N3O/c1-2-3-4-5-6-11-22-17-9-7-16(8-10-17)18-20-13-15(12-19)14-21-18/h7-10,13-14H,2-6,11H2,1H3. The minimum absolute atomic E-state index is 0.465. The number of benzene rings is 1. The molecule has 0 atom stereocenters. The third-order valence-electron chi connectivity index (χ3n) is 3.41. The molecule has 0 aliphatic carbocycles. The van der Waals surface area contributed by atoms with Crippen LogP contribution in [0.15, 0.2) is 36.7 Å². The van der Waals surface area contributed by atoms with Crippen molar-refractivity contribution < 1.29 is 4.74 Å². The van der Waals surface area contributed by atoms with E-state index in [-0.39, 0.29) is 0 Å². The molecular weight excluding hydrogens is 274 g/mol. The fraction of sp³-hybridized carbons (Fsp3) is 0.389. The highest BCUT2D eigenvalue weighted by Crippen LogP contribution is 2.19. The van der Waals surface area contributed by atoms with Crippen molar-refractivity contribution in [3.05, 3.63) is 42.2 Å². The lowest BCUT2D eigenvalue weighted by molar-refractivity contribution is 0.304. The Kier molecular flexibility index (Phi) is 6.38. The second-order valence-corrected chi connectivity index (χ2v) is 5.19. The van der Waals surface area contributed by atoms with E-state index in [1.165, 1.54) is 38.1 Å². The molecule has 0 spiro atoms. The topological polar surface area (TPSA) is 58.8 Å². The van der Waals surface area contributed by atoms with Gasteiger partial charge in [-0.15, -0.1) is 0 Å². The molecular formula is C18H21N3O. The predicted molar refractivity (Wildman–Crippen MR) is 86.4 cm³/mol. The number of hydrogen-bond donors (Lipinski definition) is 0. The summed E-state index contributed by atoms with van der Waals surface area (Å²) in [5.74, 6) is 1.48. The lowest BCUT2D eigenvalue weighted by Gasteiger charge is -2.07. The maximum atomic E-state index is 8.74. The van der Waals surface area contributed by atoms with E-state index in [0.29, 0.717) is 11.4 Å². The van der Waals surface area contributed by atoms with Crippen molar-refractivity contribution in [2.75, 3.05) is 6.61 Å². The first-order chi connectivity index (χ1) is 10.8. The summed E-state index contributed by atoms with van der Waals surface area (Å²) in [6, 6.07) is 9.75. The Morgan fingerprint density at radius 3 is 2.32 bits per heavy atom.